The van der Waals surface area contributed by atoms with Crippen molar-refractivity contribution in [2.24, 2.45) is 11.8 Å². The maximum atomic E-state index is 12.8. The van der Waals surface area contributed by atoms with Gasteiger partial charge in [0.2, 0.25) is 17.7 Å². The summed E-state index contributed by atoms with van der Waals surface area (Å²) in [5.74, 6) is -1.63. The number of allylic oxidation sites excluding steroid dienone is 2. The van der Waals surface area contributed by atoms with Gasteiger partial charge in [0, 0.05) is 13.0 Å². The van der Waals surface area contributed by atoms with Gasteiger partial charge in [-0.15, -0.1) is 0 Å². The van der Waals surface area contributed by atoms with Crippen LogP contribution in [0.5, 0.6) is 0 Å². The number of halogens is 4. The first-order chi connectivity index (χ1) is 13.2. The Morgan fingerprint density at radius 3 is 2.32 bits per heavy atom. The quantitative estimate of drug-likeness (QED) is 0.584. The molecule has 0 spiro atoms. The molecule has 9 heteroatoms. The first-order valence-corrected chi connectivity index (χ1v) is 9.23. The molecule has 1 aliphatic carbocycles. The Morgan fingerprint density at radius 2 is 1.75 bits per heavy atom. The zero-order valence-electron chi connectivity index (χ0n) is 14.8. The van der Waals surface area contributed by atoms with E-state index in [9.17, 15) is 27.6 Å². The van der Waals surface area contributed by atoms with Gasteiger partial charge in [-0.05, 0) is 37.5 Å². The van der Waals surface area contributed by atoms with Crippen LogP contribution >= 0.6 is 11.6 Å². The van der Waals surface area contributed by atoms with Crippen molar-refractivity contribution < 1.29 is 27.6 Å². The third kappa shape index (κ3) is 4.22. The number of hydrogen-bond donors (Lipinski definition) is 1. The average molecular weight is 415 g/mol. The molecule has 1 saturated heterocycles. The van der Waals surface area contributed by atoms with Gasteiger partial charge in [-0.1, -0.05) is 23.8 Å². The lowest BCUT2D eigenvalue weighted by Crippen LogP contribution is -2.32. The van der Waals surface area contributed by atoms with Crippen molar-refractivity contribution >= 4 is 35.0 Å². The Hall–Kier alpha value is -2.35. The SMILES string of the molecule is O=C(CCCN1C(=O)[C@H]2CC=CC[C@@H]2C1=O)Nc1cc(C(F)(F)F)ccc1Cl. The van der Waals surface area contributed by atoms with E-state index in [1.165, 1.54) is 4.90 Å². The zero-order chi connectivity index (χ0) is 20.5. The Labute approximate surface area is 164 Å². The Balaban J connectivity index is 1.54. The van der Waals surface area contributed by atoms with Crippen molar-refractivity contribution in [2.75, 3.05) is 11.9 Å². The van der Waals surface area contributed by atoms with Crippen molar-refractivity contribution in [3.05, 3.63) is 40.9 Å². The van der Waals surface area contributed by atoms with E-state index in [1.54, 1.807) is 0 Å². The summed E-state index contributed by atoms with van der Waals surface area (Å²) < 4.78 is 38.3. The van der Waals surface area contributed by atoms with Crippen LogP contribution in [0.4, 0.5) is 18.9 Å². The molecule has 0 bridgehead atoms. The van der Waals surface area contributed by atoms with E-state index in [2.05, 4.69) is 5.32 Å². The summed E-state index contributed by atoms with van der Waals surface area (Å²) in [6.07, 6.45) is 0.473. The third-order valence-electron chi connectivity index (χ3n) is 4.95. The lowest BCUT2D eigenvalue weighted by atomic mass is 9.85. The number of benzene rings is 1. The molecular weight excluding hydrogens is 397 g/mol. The van der Waals surface area contributed by atoms with E-state index in [4.69, 9.17) is 11.6 Å². The fraction of sp³-hybridized carbons (Fsp3) is 0.421. The number of amides is 3. The monoisotopic (exact) mass is 414 g/mol. The van der Waals surface area contributed by atoms with Gasteiger partial charge in [0.1, 0.15) is 0 Å². The Morgan fingerprint density at radius 1 is 1.14 bits per heavy atom. The molecule has 2 atom stereocenters. The molecule has 0 radical (unpaired) electrons. The standard InChI is InChI=1S/C19H18ClF3N2O3/c20-14-8-7-11(19(21,22)23)10-15(14)24-16(26)6-3-9-25-17(27)12-4-1-2-5-13(12)18(25)28/h1-2,7-8,10,12-13H,3-6,9H2,(H,24,26)/t12-,13-/m0/s1. The normalized spacial score (nSPS) is 21.8. The fourth-order valence-electron chi connectivity index (χ4n) is 3.50. The lowest BCUT2D eigenvalue weighted by Gasteiger charge is -2.15. The van der Waals surface area contributed by atoms with Crippen molar-refractivity contribution in [3.63, 3.8) is 0 Å². The van der Waals surface area contributed by atoms with Crippen molar-refractivity contribution in [1.29, 1.82) is 0 Å². The van der Waals surface area contributed by atoms with Crippen LogP contribution in [0, 0.1) is 11.8 Å². The van der Waals surface area contributed by atoms with E-state index in [0.717, 1.165) is 18.2 Å². The largest absolute Gasteiger partial charge is 0.416 e. The number of imide groups is 1. The fourth-order valence-corrected chi connectivity index (χ4v) is 3.66. The predicted octanol–water partition coefficient (Wildman–Crippen LogP) is 4.03. The topological polar surface area (TPSA) is 66.5 Å². The summed E-state index contributed by atoms with van der Waals surface area (Å²) in [6, 6.07) is 2.67. The number of carbonyl (C=O) groups excluding carboxylic acids is 3. The minimum absolute atomic E-state index is 0.0113. The van der Waals surface area contributed by atoms with Gasteiger partial charge in [0.25, 0.3) is 0 Å². The van der Waals surface area contributed by atoms with Crippen molar-refractivity contribution in [1.82, 2.24) is 4.90 Å². The van der Waals surface area contributed by atoms with Gasteiger partial charge < -0.3 is 5.32 Å². The van der Waals surface area contributed by atoms with Crippen LogP contribution in [-0.2, 0) is 20.6 Å². The van der Waals surface area contributed by atoms with E-state index in [0.29, 0.717) is 12.8 Å². The van der Waals surface area contributed by atoms with Crippen LogP contribution in [0.3, 0.4) is 0 Å². The Kier molecular flexibility index (Phi) is 5.79. The van der Waals surface area contributed by atoms with Gasteiger partial charge in [-0.2, -0.15) is 13.2 Å². The third-order valence-corrected chi connectivity index (χ3v) is 5.28. The molecular formula is C19H18ClF3N2O3. The smallest absolute Gasteiger partial charge is 0.325 e. The summed E-state index contributed by atoms with van der Waals surface area (Å²) in [5, 5.41) is 2.34. The molecule has 5 nitrogen and oxygen atoms in total. The van der Waals surface area contributed by atoms with E-state index in [1.807, 2.05) is 12.2 Å². The van der Waals surface area contributed by atoms with Crippen LogP contribution in [0.15, 0.2) is 30.4 Å². The number of likely N-dealkylation sites (tertiary alicyclic amines) is 1. The number of anilines is 1. The summed E-state index contributed by atoms with van der Waals surface area (Å²) in [7, 11) is 0. The second kappa shape index (κ2) is 7.95. The molecule has 1 heterocycles. The van der Waals surface area contributed by atoms with Crippen molar-refractivity contribution in [2.45, 2.75) is 31.9 Å². The highest BCUT2D eigenvalue weighted by molar-refractivity contribution is 6.33. The number of nitrogens with one attached hydrogen (secondary N) is 1. The number of fused-ring (bicyclic) bond motifs is 1. The van der Waals surface area contributed by atoms with E-state index in [-0.39, 0.29) is 53.7 Å². The van der Waals surface area contributed by atoms with Gasteiger partial charge in [-0.25, -0.2) is 0 Å². The summed E-state index contributed by atoms with van der Waals surface area (Å²) in [6.45, 7) is 0.106. The molecule has 3 rings (SSSR count). The maximum Gasteiger partial charge on any atom is 0.416 e. The molecule has 1 aromatic rings. The maximum absolute atomic E-state index is 12.8. The van der Waals surface area contributed by atoms with Crippen LogP contribution in [-0.4, -0.2) is 29.2 Å². The molecule has 0 saturated carbocycles. The minimum atomic E-state index is -4.55. The van der Waals surface area contributed by atoms with Crippen LogP contribution in [0.25, 0.3) is 0 Å². The highest BCUT2D eigenvalue weighted by Gasteiger charge is 2.46. The first-order valence-electron chi connectivity index (χ1n) is 8.85. The number of alkyl halides is 3. The second-order valence-electron chi connectivity index (χ2n) is 6.83. The number of hydrogen-bond acceptors (Lipinski definition) is 3. The minimum Gasteiger partial charge on any atom is -0.325 e. The molecule has 150 valence electrons. The van der Waals surface area contributed by atoms with Gasteiger partial charge in [-0.3, -0.25) is 19.3 Å². The zero-order valence-corrected chi connectivity index (χ0v) is 15.5. The molecule has 28 heavy (non-hydrogen) atoms. The molecule has 1 aromatic carbocycles. The number of carbonyl (C=O) groups is 3. The van der Waals surface area contributed by atoms with E-state index >= 15 is 0 Å². The number of rotatable bonds is 5. The lowest BCUT2D eigenvalue weighted by molar-refractivity contribution is -0.140. The summed E-state index contributed by atoms with van der Waals surface area (Å²) >= 11 is 5.85. The van der Waals surface area contributed by atoms with Crippen LogP contribution in [0.1, 0.15) is 31.2 Å². The molecule has 2 aliphatic rings. The molecule has 3 amide bonds. The average Bonchev–Trinajstić information content (AvgIpc) is 2.88. The Bertz CT molecular complexity index is 812. The molecule has 0 aromatic heterocycles. The van der Waals surface area contributed by atoms with Crippen LogP contribution < -0.4 is 5.32 Å². The molecule has 1 aliphatic heterocycles. The van der Waals surface area contributed by atoms with Gasteiger partial charge in [0.15, 0.2) is 0 Å². The van der Waals surface area contributed by atoms with Crippen molar-refractivity contribution in [3.8, 4) is 0 Å². The summed E-state index contributed by atoms with van der Waals surface area (Å²) in [4.78, 5) is 37.9. The van der Waals surface area contributed by atoms with E-state index < -0.39 is 17.6 Å². The van der Waals surface area contributed by atoms with Gasteiger partial charge >= 0.3 is 6.18 Å². The first kappa shape index (κ1) is 20.4. The predicted molar refractivity (Wildman–Crippen MR) is 96.4 cm³/mol. The molecule has 1 fully saturated rings. The highest BCUT2D eigenvalue weighted by atomic mass is 35.5. The summed E-state index contributed by atoms with van der Waals surface area (Å²) in [5.41, 5.74) is -1.05. The second-order valence-corrected chi connectivity index (χ2v) is 7.24. The highest BCUT2D eigenvalue weighted by Crippen LogP contribution is 2.35. The number of nitrogens with zero attached hydrogens (tertiary/aromatic N) is 1. The van der Waals surface area contributed by atoms with Crippen LogP contribution in [0.2, 0.25) is 5.02 Å². The molecule has 0 unspecified atom stereocenters. The molecule has 1 N–H and O–H groups in total. The van der Waals surface area contributed by atoms with Gasteiger partial charge in [0.05, 0.1) is 28.1 Å².